The van der Waals surface area contributed by atoms with E-state index >= 15 is 0 Å². The molecule has 4 heterocycles. The van der Waals surface area contributed by atoms with Crippen LogP contribution in [0.5, 0.6) is 23.0 Å². The van der Waals surface area contributed by atoms with Gasteiger partial charge in [0.1, 0.15) is 0 Å². The number of ether oxygens (including phenoxy) is 4. The average Bonchev–Trinajstić information content (AvgIpc) is 4.03. The van der Waals surface area contributed by atoms with E-state index in [4.69, 9.17) is 18.9 Å². The van der Waals surface area contributed by atoms with Crippen LogP contribution in [-0.4, -0.2) is 26.4 Å². The Hall–Kier alpha value is -3.48. The minimum Gasteiger partial charge on any atom is -0.488 e. The highest BCUT2D eigenvalue weighted by atomic mass is 32.1. The van der Waals surface area contributed by atoms with Gasteiger partial charge in [-0.15, -0.1) is 22.7 Å². The third-order valence-corrected chi connectivity index (χ3v) is 19.9. The molecule has 0 fully saturated rings. The maximum atomic E-state index is 7.13. The minimum atomic E-state index is 0.0498. The average molecular weight is 1070 g/mol. The Morgan fingerprint density at radius 3 is 0.921 bits per heavy atom. The van der Waals surface area contributed by atoms with E-state index in [1.165, 1.54) is 284 Å². The highest BCUT2D eigenvalue weighted by molar-refractivity contribution is 7.14. The zero-order valence-electron chi connectivity index (χ0n) is 48.5. The van der Waals surface area contributed by atoms with Crippen LogP contribution in [0.3, 0.4) is 0 Å². The highest BCUT2D eigenvalue weighted by Gasteiger charge is 2.38. The van der Waals surface area contributed by atoms with Crippen molar-refractivity contribution in [2.75, 3.05) is 26.4 Å². The first-order valence-electron chi connectivity index (χ1n) is 32.0. The molecule has 0 aliphatic carbocycles. The lowest BCUT2D eigenvalue weighted by atomic mass is 9.79. The monoisotopic (exact) mass is 1070 g/mol. The first-order chi connectivity index (χ1) is 37.5. The molecule has 0 saturated carbocycles. The summed E-state index contributed by atoms with van der Waals surface area (Å²) in [5, 5.41) is 12.2. The molecular formula is C70H102O4S2. The number of hydrogen-bond donors (Lipinski definition) is 0. The van der Waals surface area contributed by atoms with Gasteiger partial charge in [0.25, 0.3) is 0 Å². The maximum Gasteiger partial charge on any atom is 0.179 e. The molecule has 0 bridgehead atoms. The molecule has 76 heavy (non-hydrogen) atoms. The summed E-state index contributed by atoms with van der Waals surface area (Å²) in [6.45, 7) is 12.2. The molecular weight excluding hydrogens is 969 g/mol. The summed E-state index contributed by atoms with van der Waals surface area (Å²) in [4.78, 5) is 2.39. The predicted octanol–water partition coefficient (Wildman–Crippen LogP) is 23.7. The van der Waals surface area contributed by atoms with Crippen LogP contribution >= 0.6 is 22.7 Å². The van der Waals surface area contributed by atoms with Gasteiger partial charge in [-0.3, -0.25) is 0 Å². The Morgan fingerprint density at radius 1 is 0.329 bits per heavy atom. The molecule has 2 aliphatic rings. The Balaban J connectivity index is 0.996. The summed E-state index contributed by atoms with van der Waals surface area (Å²) in [6.07, 6.45) is 47.8. The maximum absolute atomic E-state index is 7.13. The van der Waals surface area contributed by atoms with E-state index in [-0.39, 0.29) is 10.8 Å². The van der Waals surface area contributed by atoms with E-state index in [2.05, 4.69) is 87.0 Å². The molecule has 2 aliphatic heterocycles. The fourth-order valence-electron chi connectivity index (χ4n) is 13.1. The molecule has 0 N–H and O–H groups in total. The quantitative estimate of drug-likeness (QED) is 0.0286. The molecule has 6 heteroatoms. The molecule has 0 saturated heterocycles. The molecule has 2 aromatic heterocycles. The van der Waals surface area contributed by atoms with Crippen LogP contribution in [0.1, 0.15) is 259 Å². The number of unbranched alkanes of at least 4 members (excludes halogenated alkanes) is 28. The molecule has 0 amide bonds. The van der Waals surface area contributed by atoms with Crippen LogP contribution in [0.2, 0.25) is 0 Å². The Morgan fingerprint density at radius 2 is 0.605 bits per heavy atom. The second-order valence-corrected chi connectivity index (χ2v) is 26.0. The van der Waals surface area contributed by atoms with Crippen molar-refractivity contribution in [3.8, 4) is 43.9 Å². The summed E-state index contributed by atoms with van der Waals surface area (Å²) in [6, 6.07) is 18.8. The van der Waals surface area contributed by atoms with Crippen LogP contribution in [0.4, 0.5) is 0 Å². The fourth-order valence-corrected chi connectivity index (χ4v) is 15.0. The largest absolute Gasteiger partial charge is 0.488 e. The van der Waals surface area contributed by atoms with E-state index in [0.29, 0.717) is 0 Å². The van der Waals surface area contributed by atoms with Crippen molar-refractivity contribution in [2.24, 2.45) is 10.8 Å². The lowest BCUT2D eigenvalue weighted by Crippen LogP contribution is -2.33. The van der Waals surface area contributed by atoms with Gasteiger partial charge >= 0.3 is 0 Å². The van der Waals surface area contributed by atoms with E-state index in [1.807, 2.05) is 0 Å². The second-order valence-electron chi connectivity index (χ2n) is 24.2. The normalized spacial score (nSPS) is 15.1. The number of hydrogen-bond acceptors (Lipinski definition) is 6. The molecule has 4 nitrogen and oxygen atoms in total. The van der Waals surface area contributed by atoms with Crippen molar-refractivity contribution in [1.29, 1.82) is 0 Å². The van der Waals surface area contributed by atoms with Crippen LogP contribution in [-0.2, 0) is 0 Å². The molecule has 8 rings (SSSR count). The number of rotatable bonds is 38. The lowest BCUT2D eigenvalue weighted by Gasteiger charge is -2.31. The lowest BCUT2D eigenvalue weighted by molar-refractivity contribution is 0.0783. The summed E-state index contributed by atoms with van der Waals surface area (Å²) < 4.78 is 28.1. The van der Waals surface area contributed by atoms with Crippen LogP contribution in [0.15, 0.2) is 59.3 Å². The molecule has 0 radical (unpaired) electrons. The summed E-state index contributed by atoms with van der Waals surface area (Å²) in [7, 11) is 0. The topological polar surface area (TPSA) is 36.9 Å². The molecule has 0 unspecified atom stereocenters. The van der Waals surface area contributed by atoms with Gasteiger partial charge < -0.3 is 18.9 Å². The molecule has 6 aromatic rings. The summed E-state index contributed by atoms with van der Waals surface area (Å²) in [5.74, 6) is 3.77. The van der Waals surface area contributed by atoms with E-state index < -0.39 is 0 Å². The molecule has 0 atom stereocenters. The summed E-state index contributed by atoms with van der Waals surface area (Å²) in [5.41, 5.74) is 2.58. The molecule has 4 aromatic carbocycles. The van der Waals surface area contributed by atoms with Gasteiger partial charge in [-0.2, -0.15) is 0 Å². The Kier molecular flexibility index (Phi) is 24.2. The third-order valence-electron chi connectivity index (χ3n) is 17.9. The third kappa shape index (κ3) is 15.9. The standard InChI is InChI=1S/C70H102O4S2/c1-5-9-13-17-21-25-29-33-45-69(46-34-30-26-22-18-14-10-6-2)51-71-61-49-75-67(65(61)73-53-69)59-43-39-55-38-42-58-60(44-40-56-37-41-57(59)63(55)64(56)58)68-66-62(50-76-68)72-52-70(54-74-66,47-35-31-27-23-19-15-11-7-3)48-36-32-28-24-20-16-12-8-4/h37-44,49-50H,5-36,45-48,51-54H2,1-4H3. The SMILES string of the molecule is CCCCCCCCCCC1(CCCCCCCCCC)COc2csc(-c3ccc4ccc5c(-c6scc7c6OCC(CCCCCCCCCC)(CCCCCCCCCC)CO7)ccc6ccc3c4c65)c2OC1. The highest BCUT2D eigenvalue weighted by Crippen LogP contribution is 2.54. The Bertz CT molecular complexity index is 2350. The van der Waals surface area contributed by atoms with Crippen molar-refractivity contribution >= 4 is 55.0 Å². The smallest absolute Gasteiger partial charge is 0.179 e. The van der Waals surface area contributed by atoms with Gasteiger partial charge in [-0.05, 0) is 58.0 Å². The second kappa shape index (κ2) is 31.3. The van der Waals surface area contributed by atoms with Crippen LogP contribution in [0, 0.1) is 10.8 Å². The number of benzene rings is 4. The van der Waals surface area contributed by atoms with Crippen LogP contribution in [0.25, 0.3) is 53.2 Å². The van der Waals surface area contributed by atoms with Gasteiger partial charge in [-0.1, -0.05) is 282 Å². The number of thiophene rings is 2. The van der Waals surface area contributed by atoms with Crippen molar-refractivity contribution in [2.45, 2.75) is 259 Å². The first-order valence-corrected chi connectivity index (χ1v) is 33.7. The number of fused-ring (bicyclic) bond motifs is 2. The van der Waals surface area contributed by atoms with E-state index in [1.54, 1.807) is 22.7 Å². The predicted molar refractivity (Wildman–Crippen MR) is 333 cm³/mol. The van der Waals surface area contributed by atoms with Gasteiger partial charge in [0.2, 0.25) is 0 Å². The first kappa shape index (κ1) is 58.7. The van der Waals surface area contributed by atoms with Gasteiger partial charge in [0.15, 0.2) is 23.0 Å². The van der Waals surface area contributed by atoms with Gasteiger partial charge in [0, 0.05) is 32.7 Å². The van der Waals surface area contributed by atoms with Crippen molar-refractivity contribution in [3.05, 3.63) is 59.3 Å². The zero-order chi connectivity index (χ0) is 52.7. The van der Waals surface area contributed by atoms with Crippen molar-refractivity contribution in [1.82, 2.24) is 0 Å². The molecule has 418 valence electrons. The van der Waals surface area contributed by atoms with E-state index in [0.717, 1.165) is 49.4 Å². The van der Waals surface area contributed by atoms with Crippen molar-refractivity contribution < 1.29 is 18.9 Å². The minimum absolute atomic E-state index is 0.0498. The van der Waals surface area contributed by atoms with Crippen LogP contribution < -0.4 is 18.9 Å². The van der Waals surface area contributed by atoms with Gasteiger partial charge in [0.05, 0.1) is 36.2 Å². The van der Waals surface area contributed by atoms with E-state index in [9.17, 15) is 0 Å². The van der Waals surface area contributed by atoms with Gasteiger partial charge in [-0.25, -0.2) is 0 Å². The summed E-state index contributed by atoms with van der Waals surface area (Å²) >= 11 is 3.57. The van der Waals surface area contributed by atoms with Crippen molar-refractivity contribution in [3.63, 3.8) is 0 Å². The Labute approximate surface area is 470 Å². The molecule has 0 spiro atoms. The fraction of sp³-hybridized carbons (Fsp3) is 0.657. The zero-order valence-corrected chi connectivity index (χ0v) is 50.1.